The predicted octanol–water partition coefficient (Wildman–Crippen LogP) is 3.52. The van der Waals surface area contributed by atoms with Crippen LogP contribution in [-0.2, 0) is 4.79 Å². The monoisotopic (exact) mass is 370 g/mol. The second-order valence-corrected chi connectivity index (χ2v) is 9.16. The molecule has 1 aromatic rings. The zero-order valence-electron chi connectivity index (χ0n) is 17.3. The van der Waals surface area contributed by atoms with Gasteiger partial charge in [0.05, 0.1) is 17.9 Å². The van der Waals surface area contributed by atoms with E-state index in [9.17, 15) is 4.79 Å². The fourth-order valence-electron chi connectivity index (χ4n) is 4.06. The van der Waals surface area contributed by atoms with Crippen LogP contribution in [0.3, 0.4) is 0 Å². The maximum absolute atomic E-state index is 12.3. The van der Waals surface area contributed by atoms with Crippen molar-refractivity contribution in [3.05, 3.63) is 29.6 Å². The summed E-state index contributed by atoms with van der Waals surface area (Å²) in [5.41, 5.74) is 10.8. The van der Waals surface area contributed by atoms with E-state index in [1.54, 1.807) is 0 Å². The number of nitrogen functional groups attached to an aromatic ring is 1. The highest BCUT2D eigenvalue weighted by molar-refractivity contribution is 5.78. The van der Waals surface area contributed by atoms with Gasteiger partial charge in [-0.1, -0.05) is 19.9 Å². The normalized spacial score (nSPS) is 20.6. The van der Waals surface area contributed by atoms with Crippen molar-refractivity contribution in [2.75, 3.05) is 39.5 Å². The third kappa shape index (κ3) is 4.89. The molecule has 0 unspecified atom stereocenters. The Morgan fingerprint density at radius 3 is 2.59 bits per heavy atom. The zero-order valence-corrected chi connectivity index (χ0v) is 17.3. The number of amides is 1. The second kappa shape index (κ2) is 8.01. The number of anilines is 1. The Bertz CT molecular complexity index is 715. The van der Waals surface area contributed by atoms with Gasteiger partial charge < -0.3 is 15.5 Å². The number of rotatable bonds is 4. The van der Waals surface area contributed by atoms with E-state index in [1.807, 2.05) is 30.0 Å². The van der Waals surface area contributed by atoms with Gasteiger partial charge >= 0.3 is 0 Å². The van der Waals surface area contributed by atoms with Gasteiger partial charge in [0, 0.05) is 24.7 Å². The van der Waals surface area contributed by atoms with Crippen LogP contribution in [0.1, 0.15) is 63.3 Å². The van der Waals surface area contributed by atoms with Gasteiger partial charge in [-0.2, -0.15) is 0 Å². The molecule has 5 nitrogen and oxygen atoms in total. The second-order valence-electron chi connectivity index (χ2n) is 9.16. The maximum Gasteiger partial charge on any atom is 0.236 e. The lowest BCUT2D eigenvalue weighted by atomic mass is 9.77. The van der Waals surface area contributed by atoms with E-state index in [0.29, 0.717) is 17.9 Å². The van der Waals surface area contributed by atoms with Crippen LogP contribution in [0.15, 0.2) is 18.2 Å². The van der Waals surface area contributed by atoms with Crippen molar-refractivity contribution in [1.29, 1.82) is 0 Å². The molecule has 0 saturated carbocycles. The summed E-state index contributed by atoms with van der Waals surface area (Å²) in [6.07, 6.45) is 7.58. The third-order valence-corrected chi connectivity index (χ3v) is 5.94. The van der Waals surface area contributed by atoms with Crippen molar-refractivity contribution >= 4 is 17.2 Å². The van der Waals surface area contributed by atoms with Crippen LogP contribution in [0.2, 0.25) is 0 Å². The van der Waals surface area contributed by atoms with Gasteiger partial charge in [-0.25, -0.2) is 0 Å². The number of hydrogen-bond donors (Lipinski definition) is 1. The van der Waals surface area contributed by atoms with E-state index in [2.05, 4.69) is 26.0 Å². The molecule has 0 bridgehead atoms. The molecular formula is C22H34N4O. The fourth-order valence-corrected chi connectivity index (χ4v) is 4.06. The average molecular weight is 371 g/mol. The van der Waals surface area contributed by atoms with Gasteiger partial charge in [0.25, 0.3) is 0 Å². The predicted molar refractivity (Wildman–Crippen MR) is 111 cm³/mol. The van der Waals surface area contributed by atoms with Gasteiger partial charge in [0.2, 0.25) is 5.91 Å². The van der Waals surface area contributed by atoms with Crippen LogP contribution in [0.25, 0.3) is 5.57 Å². The molecule has 0 atom stereocenters. The summed E-state index contributed by atoms with van der Waals surface area (Å²) in [4.78, 5) is 21.2. The minimum Gasteiger partial charge on any atom is -0.397 e. The summed E-state index contributed by atoms with van der Waals surface area (Å²) in [5, 5.41) is 0. The minimum atomic E-state index is 0.222. The molecule has 1 aliphatic carbocycles. The summed E-state index contributed by atoms with van der Waals surface area (Å²) >= 11 is 0. The molecule has 0 radical (unpaired) electrons. The highest BCUT2D eigenvalue weighted by atomic mass is 16.2. The summed E-state index contributed by atoms with van der Waals surface area (Å²) in [5.74, 6) is 0.632. The summed E-state index contributed by atoms with van der Waals surface area (Å²) in [6.45, 7) is 6.75. The van der Waals surface area contributed by atoms with Crippen molar-refractivity contribution < 1.29 is 4.79 Å². The van der Waals surface area contributed by atoms with E-state index in [1.165, 1.54) is 12.0 Å². The van der Waals surface area contributed by atoms with Crippen molar-refractivity contribution in [2.45, 2.75) is 51.9 Å². The first-order valence-electron chi connectivity index (χ1n) is 10.1. The first kappa shape index (κ1) is 19.9. The number of hydrogen-bond acceptors (Lipinski definition) is 4. The molecule has 0 spiro atoms. The Labute approximate surface area is 163 Å². The van der Waals surface area contributed by atoms with Crippen LogP contribution in [0.4, 0.5) is 5.69 Å². The molecule has 1 aliphatic heterocycles. The van der Waals surface area contributed by atoms with E-state index in [-0.39, 0.29) is 5.91 Å². The number of likely N-dealkylation sites (N-methyl/N-ethyl adjacent to an activating group) is 1. The van der Waals surface area contributed by atoms with Gasteiger partial charge in [-0.3, -0.25) is 9.78 Å². The summed E-state index contributed by atoms with van der Waals surface area (Å²) in [7, 11) is 3.87. The molecule has 2 N–H and O–H groups in total. The van der Waals surface area contributed by atoms with E-state index in [0.717, 1.165) is 55.8 Å². The maximum atomic E-state index is 12.3. The molecule has 2 aliphatic rings. The smallest absolute Gasteiger partial charge is 0.236 e. The highest BCUT2D eigenvalue weighted by Crippen LogP contribution is 2.39. The Hall–Kier alpha value is -1.88. The molecule has 27 heavy (non-hydrogen) atoms. The zero-order chi connectivity index (χ0) is 19.6. The van der Waals surface area contributed by atoms with Crippen molar-refractivity contribution in [3.63, 3.8) is 0 Å². The lowest BCUT2D eigenvalue weighted by Gasteiger charge is -2.33. The molecule has 1 saturated heterocycles. The molecule has 148 valence electrons. The standard InChI is InChI=1S/C22H34N4O/c1-22(2)11-7-17(8-12-22)21-18(23)5-6-19(24-21)16-9-13-26(14-10-16)20(27)15-25(3)4/h5-7,16H,8-15,23H2,1-4H3. The molecule has 1 amide bonds. The molecule has 0 aromatic carbocycles. The van der Waals surface area contributed by atoms with Gasteiger partial charge in [0.1, 0.15) is 0 Å². The molecular weight excluding hydrogens is 336 g/mol. The lowest BCUT2D eigenvalue weighted by Crippen LogP contribution is -2.42. The van der Waals surface area contributed by atoms with E-state index < -0.39 is 0 Å². The molecule has 1 aromatic heterocycles. The molecule has 1 fully saturated rings. The van der Waals surface area contributed by atoms with Crippen LogP contribution in [0.5, 0.6) is 0 Å². The number of pyridine rings is 1. The number of nitrogens with zero attached hydrogens (tertiary/aromatic N) is 3. The van der Waals surface area contributed by atoms with Gasteiger partial charge in [-0.15, -0.1) is 0 Å². The lowest BCUT2D eigenvalue weighted by molar-refractivity contribution is -0.132. The Kier molecular flexibility index (Phi) is 5.89. The number of piperidine rings is 1. The minimum absolute atomic E-state index is 0.222. The van der Waals surface area contributed by atoms with Crippen LogP contribution >= 0.6 is 0 Å². The molecule has 5 heteroatoms. The van der Waals surface area contributed by atoms with Crippen molar-refractivity contribution in [3.8, 4) is 0 Å². The quantitative estimate of drug-likeness (QED) is 0.881. The van der Waals surface area contributed by atoms with Crippen LogP contribution < -0.4 is 5.73 Å². The van der Waals surface area contributed by atoms with Gasteiger partial charge in [0.15, 0.2) is 0 Å². The van der Waals surface area contributed by atoms with E-state index >= 15 is 0 Å². The van der Waals surface area contributed by atoms with Crippen LogP contribution in [0, 0.1) is 5.41 Å². The molecule has 3 rings (SSSR count). The van der Waals surface area contributed by atoms with Crippen molar-refractivity contribution in [1.82, 2.24) is 14.8 Å². The average Bonchev–Trinajstić information content (AvgIpc) is 2.62. The number of nitrogens with two attached hydrogens (primary N) is 1. The first-order chi connectivity index (χ1) is 12.7. The molecule has 2 heterocycles. The first-order valence-corrected chi connectivity index (χ1v) is 10.1. The van der Waals surface area contributed by atoms with E-state index in [4.69, 9.17) is 10.7 Å². The third-order valence-electron chi connectivity index (χ3n) is 5.94. The number of allylic oxidation sites excluding steroid dienone is 2. The largest absolute Gasteiger partial charge is 0.397 e. The fraction of sp³-hybridized carbons (Fsp3) is 0.636. The highest BCUT2D eigenvalue weighted by Gasteiger charge is 2.27. The van der Waals surface area contributed by atoms with Crippen LogP contribution in [-0.4, -0.2) is 54.4 Å². The van der Waals surface area contributed by atoms with Gasteiger partial charge in [-0.05, 0) is 69.3 Å². The van der Waals surface area contributed by atoms with Crippen molar-refractivity contribution in [2.24, 2.45) is 5.41 Å². The Morgan fingerprint density at radius 1 is 1.30 bits per heavy atom. The topological polar surface area (TPSA) is 62.5 Å². The SMILES string of the molecule is CN(C)CC(=O)N1CCC(c2ccc(N)c(C3=CCC(C)(C)CC3)n2)CC1. The Balaban J connectivity index is 1.69. The summed E-state index contributed by atoms with van der Waals surface area (Å²) < 4.78 is 0. The Morgan fingerprint density at radius 2 is 2.00 bits per heavy atom. The number of aromatic nitrogens is 1. The summed E-state index contributed by atoms with van der Waals surface area (Å²) in [6, 6.07) is 4.09. The number of carbonyl (C=O) groups is 1. The number of likely N-dealkylation sites (tertiary alicyclic amines) is 1. The number of carbonyl (C=O) groups excluding carboxylic acids is 1.